The van der Waals surface area contributed by atoms with Crippen molar-refractivity contribution in [1.29, 1.82) is 0 Å². The van der Waals surface area contributed by atoms with Crippen LogP contribution in [-0.4, -0.2) is 18.4 Å². The van der Waals surface area contributed by atoms with Crippen LogP contribution in [0, 0.1) is 0 Å². The Hall–Kier alpha value is -2.36. The molecule has 0 radical (unpaired) electrons. The second-order valence-corrected chi connectivity index (χ2v) is 4.97. The van der Waals surface area contributed by atoms with Crippen LogP contribution in [0.5, 0.6) is 0 Å². The lowest BCUT2D eigenvalue weighted by Crippen LogP contribution is -2.08. The number of fused-ring (bicyclic) bond motifs is 1. The van der Waals surface area contributed by atoms with Gasteiger partial charge in [-0.15, -0.1) is 0 Å². The second kappa shape index (κ2) is 5.56. The monoisotopic (exact) mass is 284 g/mol. The van der Waals surface area contributed by atoms with Crippen LogP contribution in [0.4, 0.5) is 0 Å². The molecule has 1 aliphatic rings. The highest BCUT2D eigenvalue weighted by Crippen LogP contribution is 2.38. The summed E-state index contributed by atoms with van der Waals surface area (Å²) in [5, 5.41) is 0. The Kier molecular flexibility index (Phi) is 3.60. The molecule has 0 spiro atoms. The van der Waals surface area contributed by atoms with Gasteiger partial charge in [0.25, 0.3) is 0 Å². The molecule has 0 aliphatic heterocycles. The first-order valence-corrected chi connectivity index (χ1v) is 7.09. The molecule has 0 bridgehead atoms. The Balaban J connectivity index is 2.07. The van der Waals surface area contributed by atoms with Gasteiger partial charge < -0.3 is 9.15 Å². The number of esters is 1. The summed E-state index contributed by atoms with van der Waals surface area (Å²) >= 11 is 0. The lowest BCUT2D eigenvalue weighted by molar-refractivity contribution is -0.142. The predicted molar refractivity (Wildman–Crippen MR) is 77.1 cm³/mol. The van der Waals surface area contributed by atoms with Crippen molar-refractivity contribution in [2.75, 3.05) is 6.61 Å². The van der Waals surface area contributed by atoms with Crippen LogP contribution >= 0.6 is 0 Å². The number of hydrogen-bond acceptors (Lipinski definition) is 4. The number of carbonyl (C=O) groups excluding carboxylic acids is 2. The molecule has 0 amide bonds. The number of benzene rings is 1. The second-order valence-electron chi connectivity index (χ2n) is 4.97. The summed E-state index contributed by atoms with van der Waals surface area (Å²) in [6.45, 7) is 2.10. The van der Waals surface area contributed by atoms with Gasteiger partial charge in [0.05, 0.1) is 12.2 Å². The third kappa shape index (κ3) is 2.49. The van der Waals surface area contributed by atoms with Crippen LogP contribution in [0.15, 0.2) is 34.7 Å². The van der Waals surface area contributed by atoms with Crippen LogP contribution < -0.4 is 0 Å². The van der Waals surface area contributed by atoms with Crippen LogP contribution in [0.25, 0.3) is 11.1 Å². The van der Waals surface area contributed by atoms with E-state index >= 15 is 0 Å². The van der Waals surface area contributed by atoms with E-state index in [1.54, 1.807) is 6.92 Å². The molecule has 0 atom stereocenters. The maximum atomic E-state index is 12.1. The summed E-state index contributed by atoms with van der Waals surface area (Å²) in [5.41, 5.74) is 2.29. The zero-order chi connectivity index (χ0) is 14.8. The molecule has 2 aromatic rings. The van der Waals surface area contributed by atoms with Gasteiger partial charge in [0.1, 0.15) is 17.9 Å². The highest BCUT2D eigenvalue weighted by Gasteiger charge is 2.31. The van der Waals surface area contributed by atoms with Crippen molar-refractivity contribution in [3.63, 3.8) is 0 Å². The normalized spacial score (nSPS) is 13.3. The SMILES string of the molecule is CCOC(=O)Cc1oc2c(c1-c1ccccc1)C(=O)CC2. The molecule has 1 heterocycles. The molecule has 108 valence electrons. The Labute approximate surface area is 122 Å². The quantitative estimate of drug-likeness (QED) is 0.809. The molecule has 0 saturated carbocycles. The standard InChI is InChI=1S/C17H16O4/c1-2-20-15(19)10-14-16(11-6-4-3-5-7-11)17-12(18)8-9-13(17)21-14/h3-7H,2,8-10H2,1H3. The van der Waals surface area contributed by atoms with Crippen LogP contribution in [-0.2, 0) is 22.4 Å². The molecule has 1 aliphatic carbocycles. The molecule has 4 nitrogen and oxygen atoms in total. The van der Waals surface area contributed by atoms with Crippen LogP contribution in [0.3, 0.4) is 0 Å². The van der Waals surface area contributed by atoms with Gasteiger partial charge in [-0.3, -0.25) is 9.59 Å². The number of rotatable bonds is 4. The summed E-state index contributed by atoms with van der Waals surface area (Å²) in [6.07, 6.45) is 1.14. The van der Waals surface area contributed by atoms with Gasteiger partial charge in [-0.1, -0.05) is 30.3 Å². The molecule has 0 saturated heterocycles. The minimum atomic E-state index is -0.338. The Bertz CT molecular complexity index is 682. The minimum Gasteiger partial charge on any atom is -0.466 e. The first-order chi connectivity index (χ1) is 10.2. The number of Topliss-reactive ketones (excluding diaryl/α,β-unsaturated/α-hetero) is 1. The third-order valence-electron chi connectivity index (χ3n) is 3.58. The number of aryl methyl sites for hydroxylation is 1. The Morgan fingerprint density at radius 2 is 1.95 bits per heavy atom. The summed E-state index contributed by atoms with van der Waals surface area (Å²) in [5.74, 6) is 0.966. The van der Waals surface area contributed by atoms with Gasteiger partial charge in [-0.25, -0.2) is 0 Å². The maximum Gasteiger partial charge on any atom is 0.313 e. The summed E-state index contributed by atoms with van der Waals surface area (Å²) in [6, 6.07) is 9.57. The Morgan fingerprint density at radius 3 is 2.67 bits per heavy atom. The van der Waals surface area contributed by atoms with Crippen molar-refractivity contribution in [2.24, 2.45) is 0 Å². The van der Waals surface area contributed by atoms with E-state index in [0.717, 1.165) is 11.1 Å². The zero-order valence-corrected chi connectivity index (χ0v) is 11.8. The molecule has 1 aromatic carbocycles. The number of furan rings is 1. The molecule has 4 heteroatoms. The summed E-state index contributed by atoms with van der Waals surface area (Å²) < 4.78 is 10.8. The average Bonchev–Trinajstić information content (AvgIpc) is 3.00. The highest BCUT2D eigenvalue weighted by molar-refractivity contribution is 6.06. The molecular weight excluding hydrogens is 268 g/mol. The lowest BCUT2D eigenvalue weighted by atomic mass is 9.98. The third-order valence-corrected chi connectivity index (χ3v) is 3.58. The van der Waals surface area contributed by atoms with Crippen molar-refractivity contribution in [3.05, 3.63) is 47.4 Å². The van der Waals surface area contributed by atoms with Crippen LogP contribution in [0.1, 0.15) is 35.2 Å². The molecular formula is C17H16O4. The van der Waals surface area contributed by atoms with Gasteiger partial charge in [0.2, 0.25) is 0 Å². The van der Waals surface area contributed by atoms with Gasteiger partial charge in [0.15, 0.2) is 5.78 Å². The molecule has 1 aromatic heterocycles. The molecule has 0 unspecified atom stereocenters. The summed E-state index contributed by atoms with van der Waals surface area (Å²) in [7, 11) is 0. The molecule has 0 N–H and O–H groups in total. The van der Waals surface area contributed by atoms with Crippen molar-refractivity contribution in [2.45, 2.75) is 26.2 Å². The average molecular weight is 284 g/mol. The number of hydrogen-bond donors (Lipinski definition) is 0. The van der Waals surface area contributed by atoms with E-state index in [4.69, 9.17) is 9.15 Å². The predicted octanol–water partition coefficient (Wildman–Crippen LogP) is 3.18. The van der Waals surface area contributed by atoms with E-state index in [2.05, 4.69) is 0 Å². The smallest absolute Gasteiger partial charge is 0.313 e. The number of ether oxygens (including phenoxy) is 1. The van der Waals surface area contributed by atoms with Gasteiger partial charge in [-0.2, -0.15) is 0 Å². The minimum absolute atomic E-state index is 0.0539. The van der Waals surface area contributed by atoms with Crippen molar-refractivity contribution in [1.82, 2.24) is 0 Å². The topological polar surface area (TPSA) is 56.5 Å². The fourth-order valence-electron chi connectivity index (χ4n) is 2.73. The first-order valence-electron chi connectivity index (χ1n) is 7.09. The zero-order valence-electron chi connectivity index (χ0n) is 11.8. The summed E-state index contributed by atoms with van der Waals surface area (Å²) in [4.78, 5) is 23.8. The van der Waals surface area contributed by atoms with E-state index in [0.29, 0.717) is 36.5 Å². The molecule has 21 heavy (non-hydrogen) atoms. The maximum absolute atomic E-state index is 12.1. The van der Waals surface area contributed by atoms with Gasteiger partial charge in [0, 0.05) is 18.4 Å². The van der Waals surface area contributed by atoms with Crippen molar-refractivity contribution < 1.29 is 18.7 Å². The molecule has 3 rings (SSSR count). The van der Waals surface area contributed by atoms with E-state index in [-0.39, 0.29) is 18.2 Å². The number of carbonyl (C=O) groups is 2. The number of ketones is 1. The van der Waals surface area contributed by atoms with E-state index < -0.39 is 0 Å². The fourth-order valence-corrected chi connectivity index (χ4v) is 2.73. The van der Waals surface area contributed by atoms with E-state index in [9.17, 15) is 9.59 Å². The van der Waals surface area contributed by atoms with Crippen molar-refractivity contribution in [3.8, 4) is 11.1 Å². The lowest BCUT2D eigenvalue weighted by Gasteiger charge is -2.05. The highest BCUT2D eigenvalue weighted by atomic mass is 16.5. The van der Waals surface area contributed by atoms with Gasteiger partial charge in [-0.05, 0) is 12.5 Å². The largest absolute Gasteiger partial charge is 0.466 e. The van der Waals surface area contributed by atoms with Crippen molar-refractivity contribution >= 4 is 11.8 Å². The van der Waals surface area contributed by atoms with Gasteiger partial charge >= 0.3 is 5.97 Å². The molecule has 0 fully saturated rings. The first kappa shape index (κ1) is 13.6. The Morgan fingerprint density at radius 1 is 1.19 bits per heavy atom. The van der Waals surface area contributed by atoms with E-state index in [1.807, 2.05) is 30.3 Å². The van der Waals surface area contributed by atoms with Crippen LogP contribution in [0.2, 0.25) is 0 Å². The fraction of sp³-hybridized carbons (Fsp3) is 0.294. The van der Waals surface area contributed by atoms with E-state index in [1.165, 1.54) is 0 Å².